The molecule has 1 aliphatic carbocycles. The Kier molecular flexibility index (Phi) is 3.68. The molecule has 3 aliphatic rings. The number of aromatic amines is 2. The molecule has 0 spiro atoms. The van der Waals surface area contributed by atoms with Crippen LogP contribution in [0.4, 0.5) is 0 Å². The smallest absolute Gasteiger partial charge is 0.235 e. The van der Waals surface area contributed by atoms with Gasteiger partial charge in [0.1, 0.15) is 21.6 Å². The molecule has 5 aromatic rings. The first kappa shape index (κ1) is 18.9. The first-order valence-corrected chi connectivity index (χ1v) is 12.1. The van der Waals surface area contributed by atoms with Crippen molar-refractivity contribution >= 4 is 70.8 Å². The van der Waals surface area contributed by atoms with Gasteiger partial charge < -0.3 is 0 Å². The topological polar surface area (TPSA) is 118 Å². The highest BCUT2D eigenvalue weighted by molar-refractivity contribution is 7.24. The van der Waals surface area contributed by atoms with Gasteiger partial charge in [-0.25, -0.2) is 15.0 Å². The van der Waals surface area contributed by atoms with Gasteiger partial charge in [0.05, 0.1) is 17.9 Å². The van der Waals surface area contributed by atoms with Gasteiger partial charge in [-0.15, -0.1) is 11.3 Å². The Morgan fingerprint density at radius 3 is 2.77 bits per heavy atom. The fourth-order valence-corrected chi connectivity index (χ4v) is 5.68. The predicted molar refractivity (Wildman–Crippen MR) is 135 cm³/mol. The third-order valence-corrected chi connectivity index (χ3v) is 7.67. The summed E-state index contributed by atoms with van der Waals surface area (Å²) in [7, 11) is 0. The highest BCUT2D eigenvalue weighted by atomic mass is 32.1. The summed E-state index contributed by atoms with van der Waals surface area (Å²) in [4.78, 5) is 37.5. The number of nitrogens with zero attached hydrogens (tertiary/aromatic N) is 6. The van der Waals surface area contributed by atoms with Crippen molar-refractivity contribution in [2.75, 3.05) is 0 Å². The van der Waals surface area contributed by atoms with Crippen LogP contribution in [0.25, 0.3) is 64.8 Å². The molecule has 2 N–H and O–H groups in total. The van der Waals surface area contributed by atoms with Crippen LogP contribution in [0, 0.1) is 5.92 Å². The Labute approximate surface area is 200 Å². The lowest BCUT2D eigenvalue weighted by Gasteiger charge is -2.07. The maximum atomic E-state index is 13.5. The van der Waals surface area contributed by atoms with Crippen LogP contribution in [0.1, 0.15) is 17.6 Å². The van der Waals surface area contributed by atoms with Gasteiger partial charge in [-0.2, -0.15) is 0 Å². The number of carbonyl (C=O) groups excluding carboxylic acids is 1. The summed E-state index contributed by atoms with van der Waals surface area (Å²) >= 11 is 1.54. The molecule has 8 rings (SSSR count). The molecule has 7 heterocycles. The van der Waals surface area contributed by atoms with Crippen LogP contribution in [0.3, 0.4) is 0 Å². The minimum absolute atomic E-state index is 0.0517. The molecule has 1 fully saturated rings. The Bertz CT molecular complexity index is 2010. The van der Waals surface area contributed by atoms with Crippen molar-refractivity contribution in [2.45, 2.75) is 12.8 Å². The number of aromatic nitrogens is 8. The van der Waals surface area contributed by atoms with Crippen LogP contribution in [0.15, 0.2) is 55.2 Å². The predicted octanol–water partition coefficient (Wildman–Crippen LogP) is 5.23. The summed E-state index contributed by atoms with van der Waals surface area (Å²) in [6.45, 7) is 0. The molecule has 1 saturated carbocycles. The summed E-state index contributed by atoms with van der Waals surface area (Å²) in [5, 5.41) is 8.96. The third-order valence-electron chi connectivity index (χ3n) is 6.57. The van der Waals surface area contributed by atoms with Crippen LogP contribution in [0.2, 0.25) is 0 Å². The highest BCUT2D eigenvalue weighted by Gasteiger charge is 2.31. The van der Waals surface area contributed by atoms with Gasteiger partial charge in [-0.1, -0.05) is 0 Å². The molecule has 0 aromatic carbocycles. The third kappa shape index (κ3) is 2.80. The molecule has 5 aromatic heterocycles. The molecule has 35 heavy (non-hydrogen) atoms. The van der Waals surface area contributed by atoms with Gasteiger partial charge in [0.25, 0.3) is 0 Å². The van der Waals surface area contributed by atoms with E-state index >= 15 is 0 Å². The van der Waals surface area contributed by atoms with Crippen LogP contribution in [0.5, 0.6) is 0 Å². The molecule has 0 amide bonds. The summed E-state index contributed by atoms with van der Waals surface area (Å²) < 4.78 is 2.78. The number of fused-ring (bicyclic) bond motifs is 9. The molecular formula is C25H16N8OS. The fourth-order valence-electron chi connectivity index (χ4n) is 4.63. The lowest BCUT2D eigenvalue weighted by molar-refractivity contribution is 0.0896. The van der Waals surface area contributed by atoms with Crippen molar-refractivity contribution in [1.82, 2.24) is 39.7 Å². The van der Waals surface area contributed by atoms with Gasteiger partial charge in [0, 0.05) is 50.9 Å². The molecule has 0 atom stereocenters. The number of nitrogens with one attached hydrogen (secondary N) is 2. The molecule has 0 radical (unpaired) electrons. The summed E-state index contributed by atoms with van der Waals surface area (Å²) in [6.07, 6.45) is 10.7. The zero-order chi connectivity index (χ0) is 23.1. The Balaban J connectivity index is 1.61. The quantitative estimate of drug-likeness (QED) is 0.335. The van der Waals surface area contributed by atoms with Crippen LogP contribution in [-0.4, -0.2) is 45.6 Å². The van der Waals surface area contributed by atoms with E-state index in [2.05, 4.69) is 25.1 Å². The van der Waals surface area contributed by atoms with Gasteiger partial charge in [0.2, 0.25) is 5.91 Å². The zero-order valence-electron chi connectivity index (χ0n) is 18.2. The van der Waals surface area contributed by atoms with Crippen LogP contribution in [-0.2, 0) is 0 Å². The number of pyridine rings is 3. The van der Waals surface area contributed by atoms with E-state index in [-0.39, 0.29) is 11.8 Å². The second-order valence-corrected chi connectivity index (χ2v) is 9.93. The van der Waals surface area contributed by atoms with Crippen molar-refractivity contribution < 1.29 is 4.79 Å². The maximum Gasteiger partial charge on any atom is 0.235 e. The second kappa shape index (κ2) is 6.80. The first-order chi connectivity index (χ1) is 17.2. The number of imidazole rings is 1. The maximum absolute atomic E-state index is 13.5. The summed E-state index contributed by atoms with van der Waals surface area (Å²) in [5.41, 5.74) is 5.14. The Morgan fingerprint density at radius 1 is 0.971 bits per heavy atom. The number of rotatable bonds is 1. The Morgan fingerprint density at radius 2 is 1.86 bits per heavy atom. The SMILES string of the molecule is O=C(C1CC1)n1c2cncc(c2)c2cnc3[nH][nH]c(c4nc5cncc(c6ccc1s6)c5n4)-c3c2. The molecule has 2 aliphatic heterocycles. The molecule has 0 saturated heterocycles. The van der Waals surface area contributed by atoms with E-state index in [0.29, 0.717) is 16.8 Å². The van der Waals surface area contributed by atoms with Gasteiger partial charge >= 0.3 is 0 Å². The standard InChI is InChI=1S/C25H16N8OS/c34-25(12-1-2-12)33-15-5-13(7-26-9-15)14-6-16-22(31-32-23(16)28-8-14)24-29-18-11-27-10-17(21(18)30-24)19-3-4-20(33)35-19/h3-12,31H,1-2H2,(H,28,32). The summed E-state index contributed by atoms with van der Waals surface area (Å²) in [5.74, 6) is 0.153. The van der Waals surface area contributed by atoms with Gasteiger partial charge in [0.15, 0.2) is 11.3 Å². The van der Waals surface area contributed by atoms with Crippen molar-refractivity contribution in [3.63, 3.8) is 0 Å². The second-order valence-electron chi connectivity index (χ2n) is 8.86. The average Bonchev–Trinajstić information content (AvgIpc) is 3.26. The number of hydrogen-bond donors (Lipinski definition) is 2. The fraction of sp³-hybridized carbons (Fsp3) is 0.120. The lowest BCUT2D eigenvalue weighted by Crippen LogP contribution is -2.12. The van der Waals surface area contributed by atoms with Crippen molar-refractivity contribution in [3.05, 3.63) is 55.2 Å². The number of thiophene rings is 1. The van der Waals surface area contributed by atoms with E-state index in [4.69, 9.17) is 9.97 Å². The largest absolute Gasteiger partial charge is 0.295 e. The number of hydrogen-bond acceptors (Lipinski definition) is 7. The van der Waals surface area contributed by atoms with Crippen molar-refractivity contribution in [1.29, 1.82) is 0 Å². The van der Waals surface area contributed by atoms with Crippen molar-refractivity contribution in [3.8, 4) is 11.3 Å². The molecule has 10 heteroatoms. The summed E-state index contributed by atoms with van der Waals surface area (Å²) in [6, 6.07) is 8.06. The number of carbonyl (C=O) groups is 1. The van der Waals surface area contributed by atoms with E-state index in [1.807, 2.05) is 30.5 Å². The van der Waals surface area contributed by atoms with E-state index < -0.39 is 0 Å². The minimum Gasteiger partial charge on any atom is -0.295 e. The lowest BCUT2D eigenvalue weighted by atomic mass is 10.1. The van der Waals surface area contributed by atoms with E-state index in [0.717, 1.165) is 60.8 Å². The van der Waals surface area contributed by atoms with Crippen LogP contribution >= 0.6 is 11.3 Å². The molecule has 9 nitrogen and oxygen atoms in total. The molecular weight excluding hydrogens is 460 g/mol. The zero-order valence-corrected chi connectivity index (χ0v) is 19.0. The minimum atomic E-state index is 0.0517. The van der Waals surface area contributed by atoms with E-state index in [9.17, 15) is 4.79 Å². The van der Waals surface area contributed by atoms with E-state index in [1.165, 1.54) is 0 Å². The van der Waals surface area contributed by atoms with Gasteiger partial charge in [-0.05, 0) is 37.1 Å². The van der Waals surface area contributed by atoms with Crippen LogP contribution < -0.4 is 0 Å². The monoisotopic (exact) mass is 476 g/mol. The highest BCUT2D eigenvalue weighted by Crippen LogP contribution is 2.35. The Hall–Kier alpha value is -4.44. The molecule has 8 bridgehead atoms. The van der Waals surface area contributed by atoms with E-state index in [1.54, 1.807) is 40.7 Å². The van der Waals surface area contributed by atoms with Crippen molar-refractivity contribution in [2.24, 2.45) is 5.92 Å². The average molecular weight is 477 g/mol. The molecule has 0 unspecified atom stereocenters. The molecule has 168 valence electrons. The van der Waals surface area contributed by atoms with Gasteiger partial charge in [-0.3, -0.25) is 29.5 Å². The normalized spacial score (nSPS) is 14.1. The first-order valence-electron chi connectivity index (χ1n) is 11.3. The number of H-pyrrole nitrogens is 2.